The maximum Gasteiger partial charge on any atom is 0.326 e. The summed E-state index contributed by atoms with van der Waals surface area (Å²) >= 11 is 1.41. The number of H-pyrrole nitrogens is 2. The van der Waals surface area contributed by atoms with Gasteiger partial charge in [0.25, 0.3) is 0 Å². The van der Waals surface area contributed by atoms with E-state index in [1.54, 1.807) is 6.26 Å². The molecule has 2 aromatic heterocycles. The Morgan fingerprint density at radius 3 is 1.89 bits per heavy atom. The third kappa shape index (κ3) is 10.2. The minimum atomic E-state index is -1.30. The number of nitrogens with zero attached hydrogens (tertiary/aromatic N) is 2. The molecule has 4 unspecified atom stereocenters. The van der Waals surface area contributed by atoms with Crippen molar-refractivity contribution in [2.24, 2.45) is 5.73 Å². The molecule has 0 aliphatic heterocycles. The minimum absolute atomic E-state index is 0.0597. The van der Waals surface area contributed by atoms with Crippen molar-refractivity contribution in [2.45, 2.75) is 56.3 Å². The Bertz CT molecular complexity index is 1060. The Labute approximate surface area is 222 Å². The van der Waals surface area contributed by atoms with E-state index >= 15 is 0 Å². The lowest BCUT2D eigenvalue weighted by atomic mass is 10.1. The van der Waals surface area contributed by atoms with Crippen LogP contribution in [0.4, 0.5) is 0 Å². The maximum atomic E-state index is 13.1. The van der Waals surface area contributed by atoms with Crippen molar-refractivity contribution in [1.82, 2.24) is 35.9 Å². The Morgan fingerprint density at radius 1 is 0.868 bits per heavy atom. The second-order valence-corrected chi connectivity index (χ2v) is 9.39. The SMILES string of the molecule is CSCCC(NC(=O)C(CCC(=O)O)NC(=O)C(N)Cc1cnc[nH]1)C(=O)NC(Cc1cnc[nH]1)C(=O)O. The summed E-state index contributed by atoms with van der Waals surface area (Å²) in [5.41, 5.74) is 7.01. The molecule has 0 aliphatic carbocycles. The average molecular weight is 553 g/mol. The van der Waals surface area contributed by atoms with Crippen LogP contribution in [0.15, 0.2) is 25.0 Å². The molecule has 38 heavy (non-hydrogen) atoms. The van der Waals surface area contributed by atoms with Crippen LogP contribution in [-0.4, -0.2) is 96.0 Å². The van der Waals surface area contributed by atoms with Crippen LogP contribution in [-0.2, 0) is 36.8 Å². The molecule has 3 amide bonds. The van der Waals surface area contributed by atoms with Crippen molar-refractivity contribution in [1.29, 1.82) is 0 Å². The van der Waals surface area contributed by atoms with Crippen LogP contribution in [0, 0.1) is 0 Å². The number of imidazole rings is 2. The minimum Gasteiger partial charge on any atom is -0.481 e. The summed E-state index contributed by atoms with van der Waals surface area (Å²) < 4.78 is 0. The monoisotopic (exact) mass is 552 g/mol. The van der Waals surface area contributed by atoms with Gasteiger partial charge in [0, 0.05) is 43.0 Å². The number of carbonyl (C=O) groups excluding carboxylic acids is 3. The molecule has 208 valence electrons. The zero-order chi connectivity index (χ0) is 28.1. The number of aromatic amines is 2. The first kappa shape index (κ1) is 30.3. The summed E-state index contributed by atoms with van der Waals surface area (Å²) in [7, 11) is 0. The fourth-order valence-electron chi connectivity index (χ4n) is 3.41. The van der Waals surface area contributed by atoms with Gasteiger partial charge in [-0.25, -0.2) is 14.8 Å². The van der Waals surface area contributed by atoms with Gasteiger partial charge in [-0.15, -0.1) is 0 Å². The molecule has 0 aromatic carbocycles. The number of rotatable bonds is 17. The average Bonchev–Trinajstić information content (AvgIpc) is 3.57. The van der Waals surface area contributed by atoms with Gasteiger partial charge in [0.2, 0.25) is 17.7 Å². The molecule has 4 atom stereocenters. The fraction of sp³-hybridized carbons (Fsp3) is 0.500. The van der Waals surface area contributed by atoms with Gasteiger partial charge in [0.1, 0.15) is 18.1 Å². The van der Waals surface area contributed by atoms with Gasteiger partial charge in [0.15, 0.2) is 0 Å². The molecule has 0 spiro atoms. The number of nitrogens with one attached hydrogen (secondary N) is 5. The van der Waals surface area contributed by atoms with Crippen LogP contribution < -0.4 is 21.7 Å². The van der Waals surface area contributed by atoms with Crippen LogP contribution >= 0.6 is 11.8 Å². The summed E-state index contributed by atoms with van der Waals surface area (Å²) in [6.45, 7) is 0. The molecule has 2 heterocycles. The smallest absolute Gasteiger partial charge is 0.326 e. The number of aliphatic carboxylic acids is 2. The zero-order valence-electron chi connectivity index (χ0n) is 20.7. The Hall–Kier alpha value is -3.92. The molecule has 15 nitrogen and oxygen atoms in total. The van der Waals surface area contributed by atoms with E-state index in [9.17, 15) is 29.1 Å². The van der Waals surface area contributed by atoms with Crippen LogP contribution in [0.1, 0.15) is 30.7 Å². The highest BCUT2D eigenvalue weighted by molar-refractivity contribution is 7.98. The van der Waals surface area contributed by atoms with Crippen LogP contribution in [0.2, 0.25) is 0 Å². The fourth-order valence-corrected chi connectivity index (χ4v) is 3.88. The summed E-state index contributed by atoms with van der Waals surface area (Å²) in [6, 6.07) is -4.78. The topological polar surface area (TPSA) is 245 Å². The standard InChI is InChI=1S/C22H32N8O7S/c1-38-5-4-16(21(35)30-17(22(36)37)7-13-9-25-11-27-13)29-20(34)15(2-3-18(31)32)28-19(33)14(23)6-12-8-24-10-26-12/h8-11,14-17H,2-7,23H2,1H3,(H,24,26)(H,25,27)(H,28,33)(H,29,34)(H,30,35)(H,31,32)(H,36,37). The number of hydrogen-bond donors (Lipinski definition) is 8. The first-order chi connectivity index (χ1) is 18.1. The second kappa shape index (κ2) is 15.4. The van der Waals surface area contributed by atoms with E-state index in [1.165, 1.54) is 36.8 Å². The molecule has 0 saturated carbocycles. The van der Waals surface area contributed by atoms with Gasteiger partial charge in [-0.1, -0.05) is 0 Å². The van der Waals surface area contributed by atoms with Gasteiger partial charge in [-0.05, 0) is 24.9 Å². The Balaban J connectivity index is 2.10. The molecule has 9 N–H and O–H groups in total. The first-order valence-corrected chi connectivity index (χ1v) is 13.0. The number of nitrogens with two attached hydrogens (primary N) is 1. The van der Waals surface area contributed by atoms with Crippen LogP contribution in [0.25, 0.3) is 0 Å². The molecule has 0 bridgehead atoms. The molecular weight excluding hydrogens is 520 g/mol. The van der Waals surface area contributed by atoms with E-state index in [-0.39, 0.29) is 25.7 Å². The number of hydrogen-bond acceptors (Lipinski definition) is 9. The number of amides is 3. The predicted molar refractivity (Wildman–Crippen MR) is 136 cm³/mol. The van der Waals surface area contributed by atoms with Crippen molar-refractivity contribution in [3.8, 4) is 0 Å². The van der Waals surface area contributed by atoms with Crippen molar-refractivity contribution >= 4 is 41.4 Å². The van der Waals surface area contributed by atoms with Crippen molar-refractivity contribution in [3.63, 3.8) is 0 Å². The quantitative estimate of drug-likeness (QED) is 0.111. The Morgan fingerprint density at radius 2 is 1.39 bits per heavy atom. The van der Waals surface area contributed by atoms with Crippen LogP contribution in [0.3, 0.4) is 0 Å². The zero-order valence-corrected chi connectivity index (χ0v) is 21.5. The highest BCUT2D eigenvalue weighted by atomic mass is 32.2. The third-order valence-corrected chi connectivity index (χ3v) is 6.09. The van der Waals surface area contributed by atoms with Gasteiger partial charge in [0.05, 0.1) is 18.7 Å². The molecule has 0 fully saturated rings. The molecule has 2 rings (SSSR count). The largest absolute Gasteiger partial charge is 0.481 e. The maximum absolute atomic E-state index is 13.1. The molecule has 0 saturated heterocycles. The van der Waals surface area contributed by atoms with Gasteiger partial charge >= 0.3 is 11.9 Å². The van der Waals surface area contributed by atoms with E-state index in [2.05, 4.69) is 35.9 Å². The summed E-state index contributed by atoms with van der Waals surface area (Å²) in [5, 5.41) is 26.0. The number of aromatic nitrogens is 4. The number of carbonyl (C=O) groups is 5. The van der Waals surface area contributed by atoms with E-state index in [0.717, 1.165) is 0 Å². The first-order valence-electron chi connectivity index (χ1n) is 11.6. The summed E-state index contributed by atoms with van der Waals surface area (Å²) in [5.74, 6) is -4.23. The van der Waals surface area contributed by atoms with Gasteiger partial charge < -0.3 is 41.9 Å². The van der Waals surface area contributed by atoms with E-state index in [4.69, 9.17) is 10.8 Å². The number of thioether (sulfide) groups is 1. The predicted octanol–water partition coefficient (Wildman–Crippen LogP) is -1.60. The van der Waals surface area contributed by atoms with Crippen molar-refractivity contribution < 1.29 is 34.2 Å². The van der Waals surface area contributed by atoms with Crippen LogP contribution in [0.5, 0.6) is 0 Å². The molecule has 16 heteroatoms. The highest BCUT2D eigenvalue weighted by Gasteiger charge is 2.30. The lowest BCUT2D eigenvalue weighted by molar-refractivity contribution is -0.142. The van der Waals surface area contributed by atoms with E-state index < -0.39 is 60.2 Å². The van der Waals surface area contributed by atoms with E-state index in [1.807, 2.05) is 0 Å². The highest BCUT2D eigenvalue weighted by Crippen LogP contribution is 2.07. The second-order valence-electron chi connectivity index (χ2n) is 8.40. The van der Waals surface area contributed by atoms with Crippen molar-refractivity contribution in [2.75, 3.05) is 12.0 Å². The normalized spacial score (nSPS) is 14.1. The van der Waals surface area contributed by atoms with Gasteiger partial charge in [-0.3, -0.25) is 19.2 Å². The lowest BCUT2D eigenvalue weighted by Crippen LogP contribution is -2.57. The lowest BCUT2D eigenvalue weighted by Gasteiger charge is -2.25. The third-order valence-electron chi connectivity index (χ3n) is 5.45. The molecular formula is C22H32N8O7S. The van der Waals surface area contributed by atoms with E-state index in [0.29, 0.717) is 17.1 Å². The molecule has 0 aliphatic rings. The number of carboxylic acids is 2. The number of carboxylic acid groups (broad SMARTS) is 2. The van der Waals surface area contributed by atoms with Crippen molar-refractivity contribution in [3.05, 3.63) is 36.4 Å². The molecule has 0 radical (unpaired) electrons. The molecule has 2 aromatic rings. The Kier molecular flexibility index (Phi) is 12.2. The summed E-state index contributed by atoms with van der Waals surface area (Å²) in [4.78, 5) is 74.8. The summed E-state index contributed by atoms with van der Waals surface area (Å²) in [6.07, 6.45) is 7.05. The van der Waals surface area contributed by atoms with Gasteiger partial charge in [-0.2, -0.15) is 11.8 Å².